The molecule has 8 heteroatoms. The maximum Gasteiger partial charge on any atom is 0.263 e. The Kier molecular flexibility index (Phi) is 6.10. The van der Waals surface area contributed by atoms with E-state index in [1.165, 1.54) is 22.2 Å². The summed E-state index contributed by atoms with van der Waals surface area (Å²) < 4.78 is 7.13. The van der Waals surface area contributed by atoms with Crippen molar-refractivity contribution in [2.24, 2.45) is 5.92 Å². The lowest BCUT2D eigenvalue weighted by molar-refractivity contribution is -0.118. The second-order valence-electron chi connectivity index (χ2n) is 7.74. The van der Waals surface area contributed by atoms with Gasteiger partial charge in [0.2, 0.25) is 5.91 Å². The average molecular weight is 432 g/mol. The fourth-order valence-corrected chi connectivity index (χ4v) is 5.66. The van der Waals surface area contributed by atoms with Crippen molar-refractivity contribution in [2.45, 2.75) is 51.2 Å². The van der Waals surface area contributed by atoms with Crippen molar-refractivity contribution >= 4 is 39.2 Å². The van der Waals surface area contributed by atoms with Gasteiger partial charge >= 0.3 is 0 Å². The minimum Gasteiger partial charge on any atom is -0.467 e. The molecule has 1 amide bonds. The molecule has 6 nitrogen and oxygen atoms in total. The molecule has 0 saturated heterocycles. The molecule has 0 radical (unpaired) electrons. The van der Waals surface area contributed by atoms with Crippen LogP contribution in [0.2, 0.25) is 0 Å². The lowest BCUT2D eigenvalue weighted by atomic mass is 9.97. The number of amides is 1. The van der Waals surface area contributed by atoms with Crippen LogP contribution in [0.3, 0.4) is 0 Å². The first-order valence-electron chi connectivity index (χ1n) is 10.00. The quantitative estimate of drug-likeness (QED) is 0.454. The Labute approximate surface area is 177 Å². The number of thiophene rings is 1. The summed E-state index contributed by atoms with van der Waals surface area (Å²) in [5, 5.41) is 4.24. The molecule has 3 aromatic heterocycles. The molecule has 0 saturated carbocycles. The largest absolute Gasteiger partial charge is 0.467 e. The molecule has 0 aromatic carbocycles. The van der Waals surface area contributed by atoms with E-state index in [9.17, 15) is 9.59 Å². The van der Waals surface area contributed by atoms with Crippen LogP contribution in [-0.4, -0.2) is 27.8 Å². The fourth-order valence-electron chi connectivity index (χ4n) is 3.53. The highest BCUT2D eigenvalue weighted by molar-refractivity contribution is 7.99. The van der Waals surface area contributed by atoms with Crippen LogP contribution in [0.15, 0.2) is 32.8 Å². The number of hydrogen-bond donors (Lipinski definition) is 1. The summed E-state index contributed by atoms with van der Waals surface area (Å²) in [6.07, 6.45) is 5.84. The van der Waals surface area contributed by atoms with E-state index in [4.69, 9.17) is 9.40 Å². The van der Waals surface area contributed by atoms with Crippen LogP contribution in [0.4, 0.5) is 0 Å². The van der Waals surface area contributed by atoms with Crippen LogP contribution in [0.1, 0.15) is 42.9 Å². The number of hydrogen-bond acceptors (Lipinski definition) is 6. The SMILES string of the molecule is CC(C)CNC(=O)CSc1nc2sc3c(c2c(=O)n1Cc1ccco1)CCCC3. The molecule has 1 aliphatic carbocycles. The van der Waals surface area contributed by atoms with Crippen molar-refractivity contribution in [3.63, 3.8) is 0 Å². The van der Waals surface area contributed by atoms with Gasteiger partial charge in [-0.1, -0.05) is 25.6 Å². The van der Waals surface area contributed by atoms with Crippen LogP contribution in [0, 0.1) is 5.92 Å². The molecule has 3 heterocycles. The van der Waals surface area contributed by atoms with Crippen molar-refractivity contribution in [3.8, 4) is 0 Å². The highest BCUT2D eigenvalue weighted by Crippen LogP contribution is 2.34. The minimum absolute atomic E-state index is 0.0316. The number of carbonyl (C=O) groups is 1. The summed E-state index contributed by atoms with van der Waals surface area (Å²) in [5.74, 6) is 1.28. The predicted octanol–water partition coefficient (Wildman–Crippen LogP) is 3.84. The molecule has 154 valence electrons. The van der Waals surface area contributed by atoms with Crippen molar-refractivity contribution in [1.29, 1.82) is 0 Å². The third-order valence-electron chi connectivity index (χ3n) is 4.97. The van der Waals surface area contributed by atoms with E-state index in [1.807, 2.05) is 12.1 Å². The zero-order chi connectivity index (χ0) is 20.4. The molecule has 1 aliphatic rings. The first-order chi connectivity index (χ1) is 14.0. The molecule has 4 rings (SSSR count). The highest BCUT2D eigenvalue weighted by atomic mass is 32.2. The van der Waals surface area contributed by atoms with Crippen LogP contribution in [0.5, 0.6) is 0 Å². The van der Waals surface area contributed by atoms with E-state index in [-0.39, 0.29) is 17.2 Å². The first-order valence-corrected chi connectivity index (χ1v) is 11.8. The summed E-state index contributed by atoms with van der Waals surface area (Å²) in [7, 11) is 0. The Morgan fingerprint density at radius 1 is 1.38 bits per heavy atom. The Morgan fingerprint density at radius 3 is 2.97 bits per heavy atom. The molecular weight excluding hydrogens is 406 g/mol. The van der Waals surface area contributed by atoms with Gasteiger partial charge in [0.15, 0.2) is 5.16 Å². The van der Waals surface area contributed by atoms with Gasteiger partial charge in [-0.2, -0.15) is 0 Å². The van der Waals surface area contributed by atoms with Gasteiger partial charge < -0.3 is 9.73 Å². The zero-order valence-electron chi connectivity index (χ0n) is 16.7. The van der Waals surface area contributed by atoms with Gasteiger partial charge in [0, 0.05) is 11.4 Å². The summed E-state index contributed by atoms with van der Waals surface area (Å²) >= 11 is 2.94. The van der Waals surface area contributed by atoms with Crippen molar-refractivity contribution in [3.05, 3.63) is 45.0 Å². The second kappa shape index (κ2) is 8.75. The molecule has 0 spiro atoms. The van der Waals surface area contributed by atoms with Gasteiger partial charge in [-0.15, -0.1) is 11.3 Å². The molecular formula is C21H25N3O3S2. The van der Waals surface area contributed by atoms with Crippen molar-refractivity contribution < 1.29 is 9.21 Å². The number of aryl methyl sites for hydroxylation is 2. The molecule has 29 heavy (non-hydrogen) atoms. The van der Waals surface area contributed by atoms with Gasteiger partial charge in [0.1, 0.15) is 10.6 Å². The number of furan rings is 1. The molecule has 0 fully saturated rings. The molecule has 0 bridgehead atoms. The van der Waals surface area contributed by atoms with Crippen LogP contribution in [-0.2, 0) is 24.2 Å². The van der Waals surface area contributed by atoms with Gasteiger partial charge in [0.05, 0.1) is 23.9 Å². The lowest BCUT2D eigenvalue weighted by Crippen LogP contribution is -2.29. The smallest absolute Gasteiger partial charge is 0.263 e. The standard InChI is InChI=1S/C21H25N3O3S2/c1-13(2)10-22-17(25)12-28-21-23-19-18(15-7-3-4-8-16(15)29-19)20(26)24(21)11-14-6-5-9-27-14/h5-6,9,13H,3-4,7-8,10-12H2,1-2H3,(H,22,25). The third kappa shape index (κ3) is 4.43. The number of carbonyl (C=O) groups excluding carboxylic acids is 1. The van der Waals surface area contributed by atoms with Crippen molar-refractivity contribution in [1.82, 2.24) is 14.9 Å². The highest BCUT2D eigenvalue weighted by Gasteiger charge is 2.23. The summed E-state index contributed by atoms with van der Waals surface area (Å²) in [6.45, 7) is 5.07. The van der Waals surface area contributed by atoms with E-state index < -0.39 is 0 Å². The maximum atomic E-state index is 13.4. The van der Waals surface area contributed by atoms with Crippen LogP contribution >= 0.6 is 23.1 Å². The van der Waals surface area contributed by atoms with E-state index in [1.54, 1.807) is 22.2 Å². The van der Waals surface area contributed by atoms with Gasteiger partial charge in [-0.25, -0.2) is 4.98 Å². The van der Waals surface area contributed by atoms with Crippen LogP contribution < -0.4 is 10.9 Å². The Balaban J connectivity index is 1.69. The number of fused-ring (bicyclic) bond motifs is 3. The number of nitrogens with zero attached hydrogens (tertiary/aromatic N) is 2. The van der Waals surface area contributed by atoms with E-state index >= 15 is 0 Å². The number of rotatable bonds is 7. The Hall–Kier alpha value is -2.06. The topological polar surface area (TPSA) is 77.1 Å². The third-order valence-corrected chi connectivity index (χ3v) is 7.14. The average Bonchev–Trinajstić information content (AvgIpc) is 3.34. The van der Waals surface area contributed by atoms with Gasteiger partial charge in [-0.05, 0) is 49.3 Å². The number of aromatic nitrogens is 2. The van der Waals surface area contributed by atoms with E-state index in [0.717, 1.165) is 35.9 Å². The molecule has 3 aromatic rings. The van der Waals surface area contributed by atoms with Gasteiger partial charge in [-0.3, -0.25) is 14.2 Å². The first kappa shape index (κ1) is 20.2. The maximum absolute atomic E-state index is 13.4. The summed E-state index contributed by atoms with van der Waals surface area (Å²) in [5.41, 5.74) is 1.14. The number of thioether (sulfide) groups is 1. The zero-order valence-corrected chi connectivity index (χ0v) is 18.3. The molecule has 0 unspecified atom stereocenters. The monoisotopic (exact) mass is 431 g/mol. The van der Waals surface area contributed by atoms with Crippen molar-refractivity contribution in [2.75, 3.05) is 12.3 Å². The summed E-state index contributed by atoms with van der Waals surface area (Å²) in [4.78, 5) is 32.5. The van der Waals surface area contributed by atoms with Gasteiger partial charge in [0.25, 0.3) is 5.56 Å². The second-order valence-corrected chi connectivity index (χ2v) is 9.77. The Morgan fingerprint density at radius 2 is 2.21 bits per heavy atom. The number of nitrogens with one attached hydrogen (secondary N) is 1. The van der Waals surface area contributed by atoms with Crippen LogP contribution in [0.25, 0.3) is 10.2 Å². The summed E-state index contributed by atoms with van der Waals surface area (Å²) in [6, 6.07) is 3.66. The van der Waals surface area contributed by atoms with E-state index in [2.05, 4.69) is 19.2 Å². The fraction of sp³-hybridized carbons (Fsp3) is 0.476. The Bertz CT molecular complexity index is 1070. The predicted molar refractivity (Wildman–Crippen MR) is 117 cm³/mol. The molecule has 1 N–H and O–H groups in total. The normalized spacial score (nSPS) is 13.8. The molecule has 0 aliphatic heterocycles. The lowest BCUT2D eigenvalue weighted by Gasteiger charge is -2.13. The van der Waals surface area contributed by atoms with E-state index in [0.29, 0.717) is 29.9 Å². The minimum atomic E-state index is -0.0481. The molecule has 0 atom stereocenters.